The van der Waals surface area contributed by atoms with E-state index >= 15 is 0 Å². The maximum atomic E-state index is 12.4. The van der Waals surface area contributed by atoms with Crippen LogP contribution in [-0.4, -0.2) is 23.1 Å². The lowest BCUT2D eigenvalue weighted by Gasteiger charge is -2.10. The highest BCUT2D eigenvalue weighted by Gasteiger charge is 2.15. The van der Waals surface area contributed by atoms with Crippen molar-refractivity contribution in [1.82, 2.24) is 10.4 Å². The summed E-state index contributed by atoms with van der Waals surface area (Å²) in [5, 5.41) is 3.94. The first kappa shape index (κ1) is 19.9. The molecule has 0 aliphatic carbocycles. The maximum Gasteiger partial charge on any atom is 0.343 e. The molecule has 0 bridgehead atoms. The molecule has 1 aromatic heterocycles. The Kier molecular flexibility index (Phi) is 6.67. The summed E-state index contributed by atoms with van der Waals surface area (Å²) in [6.45, 7) is 0. The van der Waals surface area contributed by atoms with Crippen molar-refractivity contribution in [2.75, 3.05) is 0 Å². The summed E-state index contributed by atoms with van der Waals surface area (Å²) in [7, 11) is 0. The number of hydrogen-bond donors (Lipinski definition) is 1. The molecule has 3 aromatic rings. The minimum atomic E-state index is -0.504. The quantitative estimate of drug-likeness (QED) is 0.239. The molecule has 3 rings (SSSR count). The molecule has 0 spiro atoms. The van der Waals surface area contributed by atoms with Crippen molar-refractivity contribution in [3.8, 4) is 5.75 Å². The molecule has 6 nitrogen and oxygen atoms in total. The predicted molar refractivity (Wildman–Crippen MR) is 113 cm³/mol. The van der Waals surface area contributed by atoms with Gasteiger partial charge in [0.2, 0.25) is 0 Å². The van der Waals surface area contributed by atoms with Crippen LogP contribution in [0.25, 0.3) is 0 Å². The first-order valence-electron chi connectivity index (χ1n) is 8.05. The van der Waals surface area contributed by atoms with Crippen LogP contribution in [0.4, 0.5) is 0 Å². The van der Waals surface area contributed by atoms with Crippen LogP contribution in [0, 0.1) is 0 Å². The molecule has 0 aliphatic heterocycles. The number of amides is 1. The summed E-state index contributed by atoms with van der Waals surface area (Å²) < 4.78 is 6.84. The van der Waals surface area contributed by atoms with Gasteiger partial charge in [-0.2, -0.15) is 5.10 Å². The van der Waals surface area contributed by atoms with Crippen LogP contribution in [0.3, 0.4) is 0 Å². The first-order valence-corrected chi connectivity index (χ1v) is 9.64. The van der Waals surface area contributed by atoms with Crippen LogP contribution in [0.1, 0.15) is 26.4 Å². The van der Waals surface area contributed by atoms with Crippen molar-refractivity contribution in [2.24, 2.45) is 5.10 Å². The largest absolute Gasteiger partial charge is 0.421 e. The lowest BCUT2D eigenvalue weighted by atomic mass is 10.2. The topological polar surface area (TPSA) is 80.6 Å². The van der Waals surface area contributed by atoms with Gasteiger partial charge in [0.25, 0.3) is 5.91 Å². The normalized spacial score (nSPS) is 10.6. The van der Waals surface area contributed by atoms with E-state index in [1.165, 1.54) is 12.4 Å². The standard InChI is InChI=1S/C20H13Br2N3O3/c21-15-10-14(12-24-25-19(26)17-8-4-5-9-23-17)18(16(22)11-15)28-20(27)13-6-2-1-3-7-13/h1-12H,(H,25,26)/b24-12+. The van der Waals surface area contributed by atoms with Gasteiger partial charge >= 0.3 is 5.97 Å². The van der Waals surface area contributed by atoms with Crippen LogP contribution in [0.15, 0.2) is 80.9 Å². The highest BCUT2D eigenvalue weighted by molar-refractivity contribution is 9.11. The second-order valence-electron chi connectivity index (χ2n) is 5.48. The molecule has 0 fully saturated rings. The fourth-order valence-corrected chi connectivity index (χ4v) is 3.56. The van der Waals surface area contributed by atoms with Gasteiger partial charge in [-0.1, -0.05) is 40.2 Å². The second-order valence-corrected chi connectivity index (χ2v) is 7.25. The first-order chi connectivity index (χ1) is 13.5. The van der Waals surface area contributed by atoms with E-state index in [0.717, 1.165) is 4.47 Å². The molecule has 0 radical (unpaired) electrons. The molecule has 1 heterocycles. The van der Waals surface area contributed by atoms with Gasteiger partial charge in [0.15, 0.2) is 5.75 Å². The van der Waals surface area contributed by atoms with E-state index < -0.39 is 11.9 Å². The summed E-state index contributed by atoms with van der Waals surface area (Å²) in [6.07, 6.45) is 2.91. The third-order valence-electron chi connectivity index (χ3n) is 3.51. The summed E-state index contributed by atoms with van der Waals surface area (Å²) in [6, 6.07) is 17.1. The molecule has 0 saturated heterocycles. The van der Waals surface area contributed by atoms with E-state index in [1.54, 1.807) is 54.6 Å². The number of esters is 1. The minimum absolute atomic E-state index is 0.241. The lowest BCUT2D eigenvalue weighted by Crippen LogP contribution is -2.19. The molecule has 0 atom stereocenters. The van der Waals surface area contributed by atoms with Gasteiger partial charge in [0.05, 0.1) is 16.3 Å². The number of rotatable bonds is 5. The van der Waals surface area contributed by atoms with Crippen molar-refractivity contribution < 1.29 is 14.3 Å². The van der Waals surface area contributed by atoms with Crippen molar-refractivity contribution in [3.05, 3.63) is 92.6 Å². The average molecular weight is 503 g/mol. The van der Waals surface area contributed by atoms with Gasteiger partial charge < -0.3 is 4.74 Å². The fourth-order valence-electron chi connectivity index (χ4n) is 2.22. The smallest absolute Gasteiger partial charge is 0.343 e. The lowest BCUT2D eigenvalue weighted by molar-refractivity contribution is 0.0733. The van der Waals surface area contributed by atoms with E-state index in [-0.39, 0.29) is 11.4 Å². The molecule has 1 amide bonds. The van der Waals surface area contributed by atoms with Crippen LogP contribution in [0.5, 0.6) is 5.75 Å². The van der Waals surface area contributed by atoms with Crippen molar-refractivity contribution in [2.45, 2.75) is 0 Å². The Labute approximate surface area is 177 Å². The third-order valence-corrected chi connectivity index (χ3v) is 4.56. The molecule has 140 valence electrons. The molecular formula is C20H13Br2N3O3. The van der Waals surface area contributed by atoms with Gasteiger partial charge in [-0.25, -0.2) is 10.2 Å². The number of carbonyl (C=O) groups excluding carboxylic acids is 2. The van der Waals surface area contributed by atoms with Crippen LogP contribution < -0.4 is 10.2 Å². The minimum Gasteiger partial charge on any atom is -0.421 e. The SMILES string of the molecule is O=C(Oc1c(Br)cc(Br)cc1/C=N/NC(=O)c1ccccn1)c1ccccc1. The van der Waals surface area contributed by atoms with Crippen LogP contribution >= 0.6 is 31.9 Å². The maximum absolute atomic E-state index is 12.4. The van der Waals surface area contributed by atoms with Gasteiger partial charge in [-0.15, -0.1) is 0 Å². The number of halogens is 2. The molecular weight excluding hydrogens is 490 g/mol. The second kappa shape index (κ2) is 9.38. The van der Waals surface area contributed by atoms with Crippen LogP contribution in [-0.2, 0) is 0 Å². The molecule has 0 aliphatic rings. The molecule has 0 unspecified atom stereocenters. The van der Waals surface area contributed by atoms with E-state index in [1.807, 2.05) is 6.07 Å². The Bertz CT molecular complexity index is 1030. The summed E-state index contributed by atoms with van der Waals surface area (Å²) >= 11 is 6.78. The zero-order valence-electron chi connectivity index (χ0n) is 14.3. The number of hydrazone groups is 1. The molecule has 1 N–H and O–H groups in total. The number of benzene rings is 2. The van der Waals surface area contributed by atoms with Gasteiger partial charge in [0, 0.05) is 16.2 Å². The Morgan fingerprint density at radius 1 is 1.04 bits per heavy atom. The van der Waals surface area contributed by atoms with Crippen molar-refractivity contribution >= 4 is 50.0 Å². The summed E-state index contributed by atoms with van der Waals surface area (Å²) in [4.78, 5) is 28.4. The molecule has 2 aromatic carbocycles. The van der Waals surface area contributed by atoms with Crippen LogP contribution in [0.2, 0.25) is 0 Å². The molecule has 0 saturated carbocycles. The molecule has 28 heavy (non-hydrogen) atoms. The zero-order chi connectivity index (χ0) is 19.9. The fraction of sp³-hybridized carbons (Fsp3) is 0. The Morgan fingerprint density at radius 3 is 2.50 bits per heavy atom. The number of nitrogens with one attached hydrogen (secondary N) is 1. The highest BCUT2D eigenvalue weighted by Crippen LogP contribution is 2.32. The number of pyridine rings is 1. The summed E-state index contributed by atoms with van der Waals surface area (Å²) in [5.74, 6) is -0.669. The van der Waals surface area contributed by atoms with E-state index in [2.05, 4.69) is 47.4 Å². The average Bonchev–Trinajstić information content (AvgIpc) is 2.71. The van der Waals surface area contributed by atoms with Gasteiger partial charge in [-0.05, 0) is 52.3 Å². The predicted octanol–water partition coefficient (Wildman–Crippen LogP) is 4.59. The third kappa shape index (κ3) is 5.11. The van der Waals surface area contributed by atoms with E-state index in [0.29, 0.717) is 15.6 Å². The highest BCUT2D eigenvalue weighted by atomic mass is 79.9. The summed E-state index contributed by atoms with van der Waals surface area (Å²) in [5.41, 5.74) is 3.55. The van der Waals surface area contributed by atoms with E-state index in [4.69, 9.17) is 4.74 Å². The Hall–Kier alpha value is -2.84. The Balaban J connectivity index is 1.80. The Morgan fingerprint density at radius 2 is 1.79 bits per heavy atom. The molecule has 8 heteroatoms. The zero-order valence-corrected chi connectivity index (χ0v) is 17.5. The number of ether oxygens (including phenoxy) is 1. The van der Waals surface area contributed by atoms with Crippen molar-refractivity contribution in [3.63, 3.8) is 0 Å². The number of carbonyl (C=O) groups is 2. The number of aromatic nitrogens is 1. The van der Waals surface area contributed by atoms with Gasteiger partial charge in [0.1, 0.15) is 5.69 Å². The monoisotopic (exact) mass is 501 g/mol. The van der Waals surface area contributed by atoms with E-state index in [9.17, 15) is 9.59 Å². The number of nitrogens with zero attached hydrogens (tertiary/aromatic N) is 2. The van der Waals surface area contributed by atoms with Crippen molar-refractivity contribution in [1.29, 1.82) is 0 Å². The van der Waals surface area contributed by atoms with Gasteiger partial charge in [-0.3, -0.25) is 9.78 Å². The number of hydrogen-bond acceptors (Lipinski definition) is 5.